The summed E-state index contributed by atoms with van der Waals surface area (Å²) >= 11 is 0. The number of aromatic amines is 1. The third kappa shape index (κ3) is 4.95. The van der Waals surface area contributed by atoms with Gasteiger partial charge >= 0.3 is 0 Å². The quantitative estimate of drug-likeness (QED) is 0.684. The first-order valence-corrected chi connectivity index (χ1v) is 10.1. The molecular formula is C21H30N6O3. The predicted molar refractivity (Wildman–Crippen MR) is 113 cm³/mol. The number of oxime groups is 1. The van der Waals surface area contributed by atoms with Crippen molar-refractivity contribution in [1.82, 2.24) is 20.6 Å². The standard InChI is InChI=1S/C21H30N6O3/c1-20(2,3)14-9-12(10-15(18(14)29)21(4,5)6)16-11-13(25-30-16)7-8-17(28)22-19-23-26-27-24-19/h9-10,16,29H,7-8,11H2,1-6H3,(H2,22,23,24,26,27,28). The lowest BCUT2D eigenvalue weighted by Crippen LogP contribution is -2.18. The molecule has 9 nitrogen and oxygen atoms in total. The number of amides is 1. The van der Waals surface area contributed by atoms with Gasteiger partial charge in [-0.05, 0) is 56.5 Å². The van der Waals surface area contributed by atoms with Crippen LogP contribution in [0, 0.1) is 0 Å². The van der Waals surface area contributed by atoms with Gasteiger partial charge in [-0.15, -0.1) is 0 Å². The molecule has 2 aromatic rings. The summed E-state index contributed by atoms with van der Waals surface area (Å²) in [6, 6.07) is 4.02. The smallest absolute Gasteiger partial charge is 0.246 e. The van der Waals surface area contributed by atoms with Crippen molar-refractivity contribution in [2.75, 3.05) is 5.32 Å². The summed E-state index contributed by atoms with van der Waals surface area (Å²) in [5.74, 6) is 0.363. The molecule has 9 heteroatoms. The number of anilines is 1. The largest absolute Gasteiger partial charge is 0.507 e. The zero-order chi connectivity index (χ0) is 22.1. The Balaban J connectivity index is 1.71. The molecule has 0 fully saturated rings. The Kier molecular flexibility index (Phi) is 5.83. The molecule has 1 aliphatic rings. The number of nitrogens with zero attached hydrogens (tertiary/aromatic N) is 4. The molecular weight excluding hydrogens is 384 g/mol. The summed E-state index contributed by atoms with van der Waals surface area (Å²) in [5.41, 5.74) is 3.17. The van der Waals surface area contributed by atoms with Crippen LogP contribution in [0.4, 0.5) is 5.95 Å². The van der Waals surface area contributed by atoms with Gasteiger partial charge in [0.2, 0.25) is 11.9 Å². The number of aromatic hydroxyl groups is 1. The molecule has 0 saturated carbocycles. The van der Waals surface area contributed by atoms with Crippen LogP contribution >= 0.6 is 0 Å². The molecule has 0 saturated heterocycles. The second-order valence-electron chi connectivity index (χ2n) is 9.72. The topological polar surface area (TPSA) is 125 Å². The van der Waals surface area contributed by atoms with E-state index >= 15 is 0 Å². The summed E-state index contributed by atoms with van der Waals surface area (Å²) in [7, 11) is 0. The second-order valence-corrected chi connectivity index (χ2v) is 9.72. The van der Waals surface area contributed by atoms with Gasteiger partial charge < -0.3 is 9.94 Å². The van der Waals surface area contributed by atoms with Crippen LogP contribution in [-0.2, 0) is 20.5 Å². The fourth-order valence-corrected chi connectivity index (χ4v) is 3.40. The first-order valence-electron chi connectivity index (χ1n) is 10.1. The summed E-state index contributed by atoms with van der Waals surface area (Å²) in [4.78, 5) is 17.7. The Labute approximate surface area is 176 Å². The van der Waals surface area contributed by atoms with E-state index in [-0.39, 0.29) is 35.2 Å². The Hall–Kier alpha value is -2.97. The molecule has 0 aliphatic carbocycles. The lowest BCUT2D eigenvalue weighted by atomic mass is 9.77. The molecule has 1 atom stereocenters. The number of phenols is 1. The van der Waals surface area contributed by atoms with Crippen LogP contribution in [0.2, 0.25) is 0 Å². The number of carbonyl (C=O) groups excluding carboxylic acids is 1. The first kappa shape index (κ1) is 21.7. The van der Waals surface area contributed by atoms with Gasteiger partial charge in [-0.3, -0.25) is 10.1 Å². The highest BCUT2D eigenvalue weighted by molar-refractivity contribution is 5.94. The van der Waals surface area contributed by atoms with E-state index in [1.165, 1.54) is 0 Å². The number of benzene rings is 1. The fourth-order valence-electron chi connectivity index (χ4n) is 3.40. The van der Waals surface area contributed by atoms with Crippen LogP contribution in [0.1, 0.15) is 83.6 Å². The molecule has 30 heavy (non-hydrogen) atoms. The molecule has 2 heterocycles. The predicted octanol–water partition coefficient (Wildman–Crippen LogP) is 3.74. The van der Waals surface area contributed by atoms with Gasteiger partial charge in [0.1, 0.15) is 5.75 Å². The van der Waals surface area contributed by atoms with Crippen LogP contribution in [0.3, 0.4) is 0 Å². The number of hydrogen-bond acceptors (Lipinski definition) is 7. The summed E-state index contributed by atoms with van der Waals surface area (Å²) < 4.78 is 0. The van der Waals surface area contributed by atoms with E-state index in [2.05, 4.69) is 72.6 Å². The van der Waals surface area contributed by atoms with Crippen molar-refractivity contribution in [2.24, 2.45) is 5.16 Å². The third-order valence-corrected chi connectivity index (χ3v) is 5.09. The van der Waals surface area contributed by atoms with Crippen molar-refractivity contribution in [3.8, 4) is 5.75 Å². The van der Waals surface area contributed by atoms with Gasteiger partial charge in [-0.2, -0.15) is 0 Å². The third-order valence-electron chi connectivity index (χ3n) is 5.09. The van der Waals surface area contributed by atoms with Gasteiger partial charge in [0.05, 0.1) is 5.71 Å². The Morgan fingerprint density at radius 2 is 1.83 bits per heavy atom. The summed E-state index contributed by atoms with van der Waals surface area (Å²) in [5, 5.41) is 30.6. The zero-order valence-corrected chi connectivity index (χ0v) is 18.4. The van der Waals surface area contributed by atoms with E-state index in [9.17, 15) is 9.90 Å². The Bertz CT molecular complexity index is 904. The minimum absolute atomic E-state index is 0.200. The summed E-state index contributed by atoms with van der Waals surface area (Å²) in [6.07, 6.45) is 1.12. The number of rotatable bonds is 5. The van der Waals surface area contributed by atoms with Crippen molar-refractivity contribution in [2.45, 2.75) is 77.7 Å². The van der Waals surface area contributed by atoms with Crippen LogP contribution < -0.4 is 5.32 Å². The maximum atomic E-state index is 12.0. The average molecular weight is 415 g/mol. The number of H-pyrrole nitrogens is 1. The lowest BCUT2D eigenvalue weighted by molar-refractivity contribution is -0.116. The van der Waals surface area contributed by atoms with Gasteiger partial charge in [0.15, 0.2) is 6.10 Å². The molecule has 0 spiro atoms. The molecule has 1 aliphatic heterocycles. The highest BCUT2D eigenvalue weighted by Gasteiger charge is 2.30. The molecule has 0 bridgehead atoms. The van der Waals surface area contributed by atoms with Crippen molar-refractivity contribution in [3.05, 3.63) is 28.8 Å². The Morgan fingerprint density at radius 1 is 1.20 bits per heavy atom. The van der Waals surface area contributed by atoms with Gasteiger partial charge in [-0.1, -0.05) is 51.8 Å². The highest BCUT2D eigenvalue weighted by atomic mass is 16.6. The number of carbonyl (C=O) groups is 1. The molecule has 3 N–H and O–H groups in total. The molecule has 1 unspecified atom stereocenters. The Morgan fingerprint density at radius 3 is 2.37 bits per heavy atom. The summed E-state index contributed by atoms with van der Waals surface area (Å²) in [6.45, 7) is 12.5. The minimum atomic E-state index is -0.232. The average Bonchev–Trinajstić information content (AvgIpc) is 3.30. The SMILES string of the molecule is CC(C)(C)c1cc(C2CC(CCC(=O)Nc3nnn[nH]3)=NO2)cc(C(C)(C)C)c1O. The van der Waals surface area contributed by atoms with E-state index in [4.69, 9.17) is 4.84 Å². The number of hydrogen-bond donors (Lipinski definition) is 3. The second kappa shape index (κ2) is 8.04. The number of nitrogens with one attached hydrogen (secondary N) is 2. The first-order chi connectivity index (χ1) is 13.9. The molecule has 0 radical (unpaired) electrons. The molecule has 3 rings (SSSR count). The van der Waals surface area contributed by atoms with Gasteiger partial charge in [0, 0.05) is 12.8 Å². The van der Waals surface area contributed by atoms with Crippen LogP contribution in [0.25, 0.3) is 0 Å². The van der Waals surface area contributed by atoms with Crippen molar-refractivity contribution >= 4 is 17.6 Å². The number of phenolic OH excluding ortho intramolecular Hbond substituents is 1. The maximum Gasteiger partial charge on any atom is 0.246 e. The highest BCUT2D eigenvalue weighted by Crippen LogP contribution is 2.42. The van der Waals surface area contributed by atoms with Crippen molar-refractivity contribution in [3.63, 3.8) is 0 Å². The number of tetrazole rings is 1. The van der Waals surface area contributed by atoms with E-state index in [0.29, 0.717) is 18.6 Å². The normalized spacial score (nSPS) is 16.9. The van der Waals surface area contributed by atoms with Crippen LogP contribution in [0.15, 0.2) is 17.3 Å². The lowest BCUT2D eigenvalue weighted by Gasteiger charge is -2.29. The van der Waals surface area contributed by atoms with E-state index in [1.807, 2.05) is 12.1 Å². The maximum absolute atomic E-state index is 12.0. The van der Waals surface area contributed by atoms with E-state index in [0.717, 1.165) is 22.4 Å². The molecule has 1 aromatic heterocycles. The van der Waals surface area contributed by atoms with E-state index in [1.54, 1.807) is 0 Å². The van der Waals surface area contributed by atoms with Crippen LogP contribution in [0.5, 0.6) is 5.75 Å². The van der Waals surface area contributed by atoms with E-state index < -0.39 is 0 Å². The van der Waals surface area contributed by atoms with Crippen LogP contribution in [-0.4, -0.2) is 37.3 Å². The molecule has 1 aromatic carbocycles. The van der Waals surface area contributed by atoms with Gasteiger partial charge in [0.25, 0.3) is 0 Å². The number of aromatic nitrogens is 4. The van der Waals surface area contributed by atoms with Crippen molar-refractivity contribution in [1.29, 1.82) is 0 Å². The minimum Gasteiger partial charge on any atom is -0.507 e. The monoisotopic (exact) mass is 414 g/mol. The van der Waals surface area contributed by atoms with Crippen molar-refractivity contribution < 1.29 is 14.7 Å². The molecule has 1 amide bonds. The molecule has 162 valence electrons. The zero-order valence-electron chi connectivity index (χ0n) is 18.4. The van der Waals surface area contributed by atoms with Gasteiger partial charge in [-0.25, -0.2) is 5.10 Å². The fraction of sp³-hybridized carbons (Fsp3) is 0.571.